The van der Waals surface area contributed by atoms with E-state index in [2.05, 4.69) is 5.32 Å². The van der Waals surface area contributed by atoms with Crippen LogP contribution in [0, 0.1) is 17.3 Å². The van der Waals surface area contributed by atoms with Crippen molar-refractivity contribution >= 4 is 5.91 Å². The fraction of sp³-hybridized carbons (Fsp3) is 0.909. The van der Waals surface area contributed by atoms with Gasteiger partial charge in [0.15, 0.2) is 0 Å². The summed E-state index contributed by atoms with van der Waals surface area (Å²) in [5.41, 5.74) is -0.225. The molecule has 2 heteroatoms. The lowest BCUT2D eigenvalue weighted by atomic mass is 9.95. The van der Waals surface area contributed by atoms with Crippen LogP contribution in [0.3, 0.4) is 0 Å². The van der Waals surface area contributed by atoms with Gasteiger partial charge in [0.2, 0.25) is 5.91 Å². The molecule has 0 aromatic carbocycles. The largest absolute Gasteiger partial charge is 0.352 e. The van der Waals surface area contributed by atoms with Crippen LogP contribution in [0.2, 0.25) is 0 Å². The summed E-state index contributed by atoms with van der Waals surface area (Å²) < 4.78 is 0. The van der Waals surface area contributed by atoms with Crippen molar-refractivity contribution in [3.63, 3.8) is 0 Å². The molecule has 2 saturated carbocycles. The van der Waals surface area contributed by atoms with Crippen molar-refractivity contribution in [1.29, 1.82) is 0 Å². The molecule has 0 aliphatic heterocycles. The van der Waals surface area contributed by atoms with Gasteiger partial charge in [-0.2, -0.15) is 0 Å². The first-order valence-electron chi connectivity index (χ1n) is 5.31. The van der Waals surface area contributed by atoms with Gasteiger partial charge in [0.25, 0.3) is 0 Å². The summed E-state index contributed by atoms with van der Waals surface area (Å²) in [6.45, 7) is 5.92. The molecule has 2 aliphatic rings. The van der Waals surface area contributed by atoms with Crippen LogP contribution in [0.25, 0.3) is 0 Å². The van der Waals surface area contributed by atoms with Gasteiger partial charge >= 0.3 is 0 Å². The maximum atomic E-state index is 11.6. The lowest BCUT2D eigenvalue weighted by molar-refractivity contribution is -0.128. The molecular formula is C11H19NO. The summed E-state index contributed by atoms with van der Waals surface area (Å²) in [5.74, 6) is 1.87. The van der Waals surface area contributed by atoms with Gasteiger partial charge in [-0.3, -0.25) is 4.79 Å². The van der Waals surface area contributed by atoms with Crippen molar-refractivity contribution in [3.8, 4) is 0 Å². The van der Waals surface area contributed by atoms with E-state index in [0.29, 0.717) is 6.04 Å². The van der Waals surface area contributed by atoms with Crippen molar-refractivity contribution in [3.05, 3.63) is 0 Å². The number of fused-ring (bicyclic) bond motifs is 1. The van der Waals surface area contributed by atoms with Gasteiger partial charge in [0.1, 0.15) is 0 Å². The number of hydrogen-bond donors (Lipinski definition) is 1. The summed E-state index contributed by atoms with van der Waals surface area (Å²) in [4.78, 5) is 11.6. The lowest BCUT2D eigenvalue weighted by Gasteiger charge is -2.18. The Bertz CT molecular complexity index is 219. The number of nitrogens with one attached hydrogen (secondary N) is 1. The maximum Gasteiger partial charge on any atom is 0.225 e. The highest BCUT2D eigenvalue weighted by Crippen LogP contribution is 2.52. The second-order valence-corrected chi connectivity index (χ2v) is 5.51. The minimum atomic E-state index is -0.225. The van der Waals surface area contributed by atoms with Crippen LogP contribution in [0.5, 0.6) is 0 Å². The summed E-state index contributed by atoms with van der Waals surface area (Å²) in [5, 5.41) is 3.16. The molecule has 13 heavy (non-hydrogen) atoms. The Morgan fingerprint density at radius 1 is 1.23 bits per heavy atom. The van der Waals surface area contributed by atoms with E-state index >= 15 is 0 Å². The summed E-state index contributed by atoms with van der Waals surface area (Å²) in [6.07, 6.45) is 4.04. The molecule has 2 nitrogen and oxygen atoms in total. The third kappa shape index (κ3) is 1.59. The van der Waals surface area contributed by atoms with Crippen molar-refractivity contribution in [2.75, 3.05) is 0 Å². The van der Waals surface area contributed by atoms with Crippen LogP contribution in [-0.2, 0) is 4.79 Å². The summed E-state index contributed by atoms with van der Waals surface area (Å²) in [7, 11) is 0. The van der Waals surface area contributed by atoms with Crippen molar-refractivity contribution in [2.24, 2.45) is 17.3 Å². The molecule has 1 N–H and O–H groups in total. The van der Waals surface area contributed by atoms with Crippen molar-refractivity contribution in [2.45, 2.75) is 46.1 Å². The normalized spacial score (nSPS) is 37.0. The van der Waals surface area contributed by atoms with E-state index in [1.165, 1.54) is 19.3 Å². The molecule has 74 valence electrons. The quantitative estimate of drug-likeness (QED) is 0.658. The van der Waals surface area contributed by atoms with E-state index in [9.17, 15) is 4.79 Å². The molecular weight excluding hydrogens is 162 g/mol. The van der Waals surface area contributed by atoms with Gasteiger partial charge in [-0.15, -0.1) is 0 Å². The highest BCUT2D eigenvalue weighted by molar-refractivity contribution is 5.82. The number of hydrogen-bond acceptors (Lipinski definition) is 1. The Kier molecular flexibility index (Phi) is 1.90. The van der Waals surface area contributed by atoms with E-state index < -0.39 is 0 Å². The van der Waals surface area contributed by atoms with Gasteiger partial charge in [-0.05, 0) is 24.7 Å². The van der Waals surface area contributed by atoms with Crippen LogP contribution < -0.4 is 5.32 Å². The Morgan fingerprint density at radius 3 is 2.23 bits per heavy atom. The van der Waals surface area contributed by atoms with E-state index in [1.807, 2.05) is 20.8 Å². The average Bonchev–Trinajstić information content (AvgIpc) is 2.47. The van der Waals surface area contributed by atoms with Gasteiger partial charge < -0.3 is 5.32 Å². The predicted molar refractivity (Wildman–Crippen MR) is 52.2 cm³/mol. The molecule has 2 aliphatic carbocycles. The van der Waals surface area contributed by atoms with E-state index in [1.54, 1.807) is 0 Å². The third-order valence-corrected chi connectivity index (χ3v) is 3.39. The fourth-order valence-electron chi connectivity index (χ4n) is 2.40. The highest BCUT2D eigenvalue weighted by Gasteiger charge is 2.53. The van der Waals surface area contributed by atoms with Crippen LogP contribution in [0.15, 0.2) is 0 Å². The van der Waals surface area contributed by atoms with Crippen LogP contribution in [-0.4, -0.2) is 11.9 Å². The number of carbonyl (C=O) groups excluding carboxylic acids is 1. The zero-order valence-electron chi connectivity index (χ0n) is 8.76. The zero-order valence-corrected chi connectivity index (χ0v) is 8.76. The fourth-order valence-corrected chi connectivity index (χ4v) is 2.40. The van der Waals surface area contributed by atoms with Gasteiger partial charge in [0.05, 0.1) is 0 Å². The average molecular weight is 181 g/mol. The first kappa shape index (κ1) is 9.04. The van der Waals surface area contributed by atoms with E-state index in [0.717, 1.165) is 11.8 Å². The molecule has 2 rings (SSSR count). The Hall–Kier alpha value is -0.530. The minimum Gasteiger partial charge on any atom is -0.352 e. The molecule has 0 aromatic rings. The second-order valence-electron chi connectivity index (χ2n) is 5.51. The SMILES string of the molecule is CC(C)(C)C(=O)NC1[C@H]2CCC[C@@H]12. The molecule has 2 fully saturated rings. The molecule has 0 aromatic heterocycles. The zero-order chi connectivity index (χ0) is 9.64. The summed E-state index contributed by atoms with van der Waals surface area (Å²) in [6, 6.07) is 0.528. The molecule has 0 heterocycles. The molecule has 0 spiro atoms. The first-order valence-corrected chi connectivity index (χ1v) is 5.31. The maximum absolute atomic E-state index is 11.6. The Labute approximate surface area is 80.1 Å². The number of carbonyl (C=O) groups is 1. The summed E-state index contributed by atoms with van der Waals surface area (Å²) >= 11 is 0. The smallest absolute Gasteiger partial charge is 0.225 e. The third-order valence-electron chi connectivity index (χ3n) is 3.39. The number of amides is 1. The Balaban J connectivity index is 1.84. The molecule has 3 atom stereocenters. The van der Waals surface area contributed by atoms with Crippen LogP contribution in [0.1, 0.15) is 40.0 Å². The van der Waals surface area contributed by atoms with Crippen LogP contribution in [0.4, 0.5) is 0 Å². The topological polar surface area (TPSA) is 29.1 Å². The number of rotatable bonds is 1. The molecule has 0 radical (unpaired) electrons. The highest BCUT2D eigenvalue weighted by atomic mass is 16.2. The van der Waals surface area contributed by atoms with Gasteiger partial charge in [-0.25, -0.2) is 0 Å². The monoisotopic (exact) mass is 181 g/mol. The second kappa shape index (κ2) is 2.73. The van der Waals surface area contributed by atoms with Gasteiger partial charge in [0, 0.05) is 11.5 Å². The van der Waals surface area contributed by atoms with Crippen LogP contribution >= 0.6 is 0 Å². The van der Waals surface area contributed by atoms with Crippen molar-refractivity contribution in [1.82, 2.24) is 5.32 Å². The molecule has 1 unspecified atom stereocenters. The molecule has 1 amide bonds. The first-order chi connectivity index (χ1) is 6.00. The van der Waals surface area contributed by atoms with E-state index in [-0.39, 0.29) is 11.3 Å². The molecule has 0 bridgehead atoms. The standard InChI is InChI=1S/C11H19NO/c1-11(2,3)10(13)12-9-7-5-4-6-8(7)9/h7-9H,4-6H2,1-3H3,(H,12,13)/t7-,8+,9?. The molecule has 0 saturated heterocycles. The predicted octanol–water partition coefficient (Wildman–Crippen LogP) is 1.95. The van der Waals surface area contributed by atoms with Gasteiger partial charge in [-0.1, -0.05) is 27.2 Å². The lowest BCUT2D eigenvalue weighted by Crippen LogP contribution is -2.37. The Morgan fingerprint density at radius 2 is 1.77 bits per heavy atom. The minimum absolute atomic E-state index is 0.215. The van der Waals surface area contributed by atoms with E-state index in [4.69, 9.17) is 0 Å². The van der Waals surface area contributed by atoms with Crippen molar-refractivity contribution < 1.29 is 4.79 Å².